The Morgan fingerprint density at radius 3 is 2.64 bits per heavy atom. The lowest BCUT2D eigenvalue weighted by Crippen LogP contribution is -2.34. The summed E-state index contributed by atoms with van der Waals surface area (Å²) in [7, 11) is 0. The number of halogens is 1. The van der Waals surface area contributed by atoms with Gasteiger partial charge in [0.15, 0.2) is 0 Å². The summed E-state index contributed by atoms with van der Waals surface area (Å²) >= 11 is 0. The Morgan fingerprint density at radius 1 is 1.18 bits per heavy atom. The summed E-state index contributed by atoms with van der Waals surface area (Å²) in [6.07, 6.45) is 12.0. The molecule has 0 aromatic heterocycles. The number of allylic oxidation sites excluding steroid dienone is 3. The fourth-order valence-corrected chi connectivity index (χ4v) is 4.72. The molecule has 1 aliphatic carbocycles. The maximum absolute atomic E-state index is 14.6. The van der Waals surface area contributed by atoms with Gasteiger partial charge in [0.2, 0.25) is 0 Å². The van der Waals surface area contributed by atoms with Crippen molar-refractivity contribution in [3.63, 3.8) is 0 Å². The third kappa shape index (κ3) is 5.83. The van der Waals surface area contributed by atoms with Crippen molar-refractivity contribution >= 4 is 5.69 Å². The van der Waals surface area contributed by atoms with Crippen LogP contribution in [0.2, 0.25) is 0 Å². The third-order valence-electron chi connectivity index (χ3n) is 6.32. The van der Waals surface area contributed by atoms with Gasteiger partial charge in [-0.05, 0) is 61.6 Å². The first-order valence-corrected chi connectivity index (χ1v) is 11.2. The lowest BCUT2D eigenvalue weighted by atomic mass is 9.78. The van der Waals surface area contributed by atoms with Crippen LogP contribution in [0.3, 0.4) is 0 Å². The van der Waals surface area contributed by atoms with Gasteiger partial charge in [0.1, 0.15) is 11.9 Å². The number of anilines is 1. The summed E-state index contributed by atoms with van der Waals surface area (Å²) in [5.41, 5.74) is 6.42. The molecule has 1 heterocycles. The van der Waals surface area contributed by atoms with E-state index in [1.807, 2.05) is 6.07 Å². The molecule has 0 amide bonds. The van der Waals surface area contributed by atoms with Crippen LogP contribution in [-0.4, -0.2) is 30.8 Å². The summed E-state index contributed by atoms with van der Waals surface area (Å²) in [5, 5.41) is 19.8. The third-order valence-corrected chi connectivity index (χ3v) is 6.32. The molecule has 4 nitrogen and oxygen atoms in total. The van der Waals surface area contributed by atoms with E-state index < -0.39 is 0 Å². The summed E-state index contributed by atoms with van der Waals surface area (Å²) in [5.74, 6) is 0.0616. The molecule has 5 heteroatoms. The Labute approximate surface area is 196 Å². The molecule has 1 fully saturated rings. The van der Waals surface area contributed by atoms with E-state index in [-0.39, 0.29) is 11.9 Å². The van der Waals surface area contributed by atoms with Crippen molar-refractivity contribution in [1.29, 1.82) is 5.26 Å². The summed E-state index contributed by atoms with van der Waals surface area (Å²) in [4.78, 5) is 2.10. The van der Waals surface area contributed by atoms with Crippen LogP contribution in [-0.2, 0) is 0 Å². The zero-order chi connectivity index (χ0) is 23.8. The van der Waals surface area contributed by atoms with Gasteiger partial charge in [0.25, 0.3) is 0 Å². The number of terminal acetylenes is 1. The van der Waals surface area contributed by atoms with E-state index in [1.165, 1.54) is 34.4 Å². The average molecular weight is 444 g/mol. The molecule has 0 radical (unpaired) electrons. The minimum atomic E-state index is -0.319. The van der Waals surface area contributed by atoms with E-state index in [0.29, 0.717) is 17.2 Å². The molecule has 4 rings (SSSR count). The molecule has 33 heavy (non-hydrogen) atoms. The number of aryl methyl sites for hydroxylation is 1. The van der Waals surface area contributed by atoms with E-state index in [0.717, 1.165) is 32.5 Å². The number of hydrogen-bond acceptors (Lipinski definition) is 4. The molecule has 2 aliphatic rings. The summed E-state index contributed by atoms with van der Waals surface area (Å²) in [6, 6.07) is 15.7. The van der Waals surface area contributed by atoms with Crippen molar-refractivity contribution in [2.24, 2.45) is 0 Å². The standard InChI is InChI=1S/C26H28FN3.C2H2O/c1-18-7-9-22(21-6-4-3-5-19(21)2)23(15-18)25-11-13-30(14-12-29-25)26-10-8-20(17-28)16-24(26)27;1-2-3/h3-8,10,15-16,22,25,29H,9,11-14H2,1-2H3;1,3H. The number of aliphatic hydroxyl groups is 1. The number of benzene rings is 2. The van der Waals surface area contributed by atoms with Crippen LogP contribution >= 0.6 is 0 Å². The Balaban J connectivity index is 0.000000968. The van der Waals surface area contributed by atoms with Crippen LogP contribution in [0.5, 0.6) is 0 Å². The molecule has 1 aliphatic heterocycles. The lowest BCUT2D eigenvalue weighted by molar-refractivity contribution is 0.518. The van der Waals surface area contributed by atoms with Gasteiger partial charge >= 0.3 is 0 Å². The van der Waals surface area contributed by atoms with Crippen molar-refractivity contribution in [2.45, 2.75) is 38.6 Å². The highest BCUT2D eigenvalue weighted by Gasteiger charge is 2.28. The highest BCUT2D eigenvalue weighted by atomic mass is 19.1. The van der Waals surface area contributed by atoms with Crippen LogP contribution < -0.4 is 10.2 Å². The first-order valence-electron chi connectivity index (χ1n) is 11.2. The van der Waals surface area contributed by atoms with Crippen molar-refractivity contribution < 1.29 is 9.50 Å². The number of nitrogens with zero attached hydrogens (tertiary/aromatic N) is 2. The summed E-state index contributed by atoms with van der Waals surface area (Å²) < 4.78 is 14.6. The van der Waals surface area contributed by atoms with Gasteiger partial charge in [0.05, 0.1) is 17.3 Å². The molecule has 1 saturated heterocycles. The van der Waals surface area contributed by atoms with Crippen molar-refractivity contribution in [2.75, 3.05) is 24.5 Å². The Hall–Kier alpha value is -3.54. The second-order valence-corrected chi connectivity index (χ2v) is 8.43. The minimum absolute atomic E-state index is 0.268. The highest BCUT2D eigenvalue weighted by Crippen LogP contribution is 2.37. The van der Waals surface area contributed by atoms with E-state index in [4.69, 9.17) is 10.4 Å². The summed E-state index contributed by atoms with van der Waals surface area (Å²) in [6.45, 7) is 6.68. The Morgan fingerprint density at radius 2 is 1.94 bits per heavy atom. The van der Waals surface area contributed by atoms with E-state index in [9.17, 15) is 4.39 Å². The highest BCUT2D eigenvalue weighted by molar-refractivity contribution is 5.52. The number of aliphatic hydroxyl groups excluding tert-OH is 1. The minimum Gasteiger partial charge on any atom is -0.462 e. The zero-order valence-corrected chi connectivity index (χ0v) is 19.2. The Kier molecular flexibility index (Phi) is 8.30. The largest absolute Gasteiger partial charge is 0.462 e. The smallest absolute Gasteiger partial charge is 0.147 e. The molecule has 0 saturated carbocycles. The topological polar surface area (TPSA) is 59.3 Å². The van der Waals surface area contributed by atoms with Gasteiger partial charge in [-0.25, -0.2) is 4.39 Å². The maximum atomic E-state index is 14.6. The first-order chi connectivity index (χ1) is 16.0. The molecule has 2 aromatic rings. The zero-order valence-electron chi connectivity index (χ0n) is 19.2. The second kappa shape index (κ2) is 11.4. The maximum Gasteiger partial charge on any atom is 0.147 e. The molecule has 170 valence electrons. The van der Waals surface area contributed by atoms with Gasteiger partial charge < -0.3 is 15.3 Å². The van der Waals surface area contributed by atoms with Gasteiger partial charge in [-0.3, -0.25) is 0 Å². The average Bonchev–Trinajstić information content (AvgIpc) is 3.06. The van der Waals surface area contributed by atoms with E-state index in [1.54, 1.807) is 12.1 Å². The monoisotopic (exact) mass is 443 g/mol. The van der Waals surface area contributed by atoms with Crippen LogP contribution in [0.25, 0.3) is 0 Å². The second-order valence-electron chi connectivity index (χ2n) is 8.43. The molecular weight excluding hydrogens is 413 g/mol. The van der Waals surface area contributed by atoms with Crippen LogP contribution in [0.4, 0.5) is 10.1 Å². The molecular formula is C28H30FN3O. The van der Waals surface area contributed by atoms with Gasteiger partial charge in [0, 0.05) is 31.6 Å². The molecule has 2 atom stereocenters. The number of nitrogens with one attached hydrogen (secondary N) is 1. The fraction of sp³-hybridized carbons (Fsp3) is 0.321. The van der Waals surface area contributed by atoms with Crippen molar-refractivity contribution in [3.8, 4) is 18.6 Å². The number of hydrogen-bond donors (Lipinski definition) is 2. The normalized spacial score (nSPS) is 20.2. The van der Waals surface area contributed by atoms with Crippen LogP contribution in [0.1, 0.15) is 42.4 Å². The van der Waals surface area contributed by atoms with Crippen molar-refractivity contribution in [3.05, 3.63) is 88.3 Å². The molecule has 2 aromatic carbocycles. The first kappa shape index (κ1) is 24.1. The Bertz CT molecular complexity index is 1120. The van der Waals surface area contributed by atoms with E-state index >= 15 is 0 Å². The SMILES string of the molecule is C#CO.CC1=CCC(c2ccccc2C)C(C2CCN(c3ccc(C#N)cc3F)CCN2)=C1. The quantitative estimate of drug-likeness (QED) is 0.642. The fourth-order valence-electron chi connectivity index (χ4n) is 4.72. The molecule has 0 bridgehead atoms. The van der Waals surface area contributed by atoms with Gasteiger partial charge in [-0.15, -0.1) is 0 Å². The van der Waals surface area contributed by atoms with Crippen LogP contribution in [0, 0.1) is 36.6 Å². The molecule has 0 spiro atoms. The predicted octanol–water partition coefficient (Wildman–Crippen LogP) is 5.18. The predicted molar refractivity (Wildman–Crippen MR) is 131 cm³/mol. The van der Waals surface area contributed by atoms with Gasteiger partial charge in [-0.2, -0.15) is 5.26 Å². The number of nitriles is 1. The molecule has 2 unspecified atom stereocenters. The van der Waals surface area contributed by atoms with Gasteiger partial charge in [-0.1, -0.05) is 48.4 Å². The molecule has 2 N–H and O–H groups in total. The number of rotatable bonds is 3. The van der Waals surface area contributed by atoms with E-state index in [2.05, 4.69) is 66.9 Å². The van der Waals surface area contributed by atoms with Crippen molar-refractivity contribution in [1.82, 2.24) is 5.32 Å². The lowest BCUT2D eigenvalue weighted by Gasteiger charge is -2.31. The van der Waals surface area contributed by atoms with Crippen LogP contribution in [0.15, 0.2) is 65.8 Å².